The Morgan fingerprint density at radius 1 is 1.26 bits per heavy atom. The van der Waals surface area contributed by atoms with E-state index >= 15 is 0 Å². The van der Waals surface area contributed by atoms with Crippen molar-refractivity contribution in [2.24, 2.45) is 0 Å². The van der Waals surface area contributed by atoms with E-state index in [1.165, 1.54) is 0 Å². The monoisotopic (exact) mass is 274 g/mol. The van der Waals surface area contributed by atoms with Crippen LogP contribution in [0.5, 0.6) is 0 Å². The molecule has 0 saturated carbocycles. The van der Waals surface area contributed by atoms with Gasteiger partial charge >= 0.3 is 5.97 Å². The normalized spacial score (nSPS) is 16.8. The lowest BCUT2D eigenvalue weighted by Gasteiger charge is -2.32. The van der Waals surface area contributed by atoms with Crippen LogP contribution in [0.25, 0.3) is 0 Å². The summed E-state index contributed by atoms with van der Waals surface area (Å²) in [7, 11) is 3.96. The van der Waals surface area contributed by atoms with Crippen molar-refractivity contribution in [3.05, 3.63) is 0 Å². The second-order valence-corrected chi connectivity index (χ2v) is 5.26. The molecule has 1 aliphatic rings. The zero-order valence-corrected chi connectivity index (χ0v) is 13.4. The van der Waals surface area contributed by atoms with Crippen LogP contribution in [0.15, 0.2) is 0 Å². The summed E-state index contributed by atoms with van der Waals surface area (Å²) in [6, 6.07) is 0. The highest BCUT2D eigenvalue weighted by atomic mass is 16.5. The number of esters is 1. The first-order chi connectivity index (χ1) is 8.92. The fourth-order valence-electron chi connectivity index (χ4n) is 1.37. The zero-order valence-electron chi connectivity index (χ0n) is 13.4. The fourth-order valence-corrected chi connectivity index (χ4v) is 1.37. The molecule has 1 aliphatic heterocycles. The highest BCUT2D eigenvalue weighted by Gasteiger charge is 2.23. The molecule has 19 heavy (non-hydrogen) atoms. The van der Waals surface area contributed by atoms with Crippen molar-refractivity contribution < 1.29 is 14.3 Å². The van der Waals surface area contributed by atoms with E-state index in [9.17, 15) is 4.79 Å². The number of morpholine rings is 1. The summed E-state index contributed by atoms with van der Waals surface area (Å²) in [4.78, 5) is 15.8. The molecule has 1 fully saturated rings. The Morgan fingerprint density at radius 2 is 1.79 bits per heavy atom. The summed E-state index contributed by atoms with van der Waals surface area (Å²) in [5.74, 6) is -0.151. The van der Waals surface area contributed by atoms with E-state index < -0.39 is 0 Å². The van der Waals surface area contributed by atoms with Crippen LogP contribution in [-0.4, -0.2) is 74.9 Å². The minimum Gasteiger partial charge on any atom is -0.463 e. The molecule has 114 valence electrons. The van der Waals surface area contributed by atoms with Gasteiger partial charge in [-0.3, -0.25) is 9.69 Å². The number of likely N-dealkylation sites (N-methyl/N-ethyl adjacent to an activating group) is 1. The number of ether oxygens (including phenoxy) is 2. The summed E-state index contributed by atoms with van der Waals surface area (Å²) >= 11 is 0. The molecule has 5 nitrogen and oxygen atoms in total. The molecule has 0 aliphatic carbocycles. The van der Waals surface area contributed by atoms with E-state index in [2.05, 4.69) is 23.6 Å². The molecule has 1 heterocycles. The quantitative estimate of drug-likeness (QED) is 0.705. The van der Waals surface area contributed by atoms with Gasteiger partial charge in [0.2, 0.25) is 0 Å². The van der Waals surface area contributed by atoms with Crippen molar-refractivity contribution in [2.75, 3.05) is 53.6 Å². The first-order valence-corrected chi connectivity index (χ1v) is 7.05. The molecule has 0 aromatic rings. The molecule has 0 radical (unpaired) electrons. The molecule has 0 aromatic carbocycles. The minimum absolute atomic E-state index is 0.124. The van der Waals surface area contributed by atoms with Gasteiger partial charge in [-0.15, -0.1) is 0 Å². The first kappa shape index (κ1) is 18.4. The average molecular weight is 274 g/mol. The lowest BCUT2D eigenvalue weighted by molar-refractivity contribution is -0.149. The summed E-state index contributed by atoms with van der Waals surface area (Å²) in [5.41, 5.74) is -0.124. The van der Waals surface area contributed by atoms with Gasteiger partial charge in [0.05, 0.1) is 19.8 Å². The average Bonchev–Trinajstić information content (AvgIpc) is 2.40. The van der Waals surface area contributed by atoms with E-state index in [1.807, 2.05) is 27.9 Å². The molecule has 0 bridgehead atoms. The van der Waals surface area contributed by atoms with E-state index in [1.54, 1.807) is 0 Å². The van der Waals surface area contributed by atoms with Gasteiger partial charge in [0.25, 0.3) is 0 Å². The maximum Gasteiger partial charge on any atom is 0.320 e. The molecular weight excluding hydrogens is 244 g/mol. The predicted octanol–water partition coefficient (Wildman–Crippen LogP) is 1.23. The number of nitrogens with zero attached hydrogens (tertiary/aromatic N) is 2. The van der Waals surface area contributed by atoms with Crippen LogP contribution in [-0.2, 0) is 14.3 Å². The lowest BCUT2D eigenvalue weighted by Crippen LogP contribution is -2.45. The molecule has 1 saturated heterocycles. The zero-order chi connectivity index (χ0) is 14.9. The van der Waals surface area contributed by atoms with Crippen molar-refractivity contribution in [2.45, 2.75) is 33.2 Å². The van der Waals surface area contributed by atoms with Crippen LogP contribution in [0.2, 0.25) is 0 Å². The summed E-state index contributed by atoms with van der Waals surface area (Å²) in [5, 5.41) is 0. The molecular formula is C14H30N2O3. The first-order valence-electron chi connectivity index (χ1n) is 7.05. The Labute approximate surface area is 117 Å². The number of carbonyl (C=O) groups is 1. The Bertz CT molecular complexity index is 249. The van der Waals surface area contributed by atoms with Crippen LogP contribution in [0.1, 0.15) is 27.7 Å². The van der Waals surface area contributed by atoms with E-state index in [0.717, 1.165) is 13.1 Å². The standard InChI is InChI=1S/C12H24N2O3.C2H6/c1-12(2,13(3)4)10-17-11(15)9-14-5-7-16-8-6-14;1-2/h5-10H2,1-4H3;1-2H3. The maximum atomic E-state index is 11.7. The van der Waals surface area contributed by atoms with Crippen LogP contribution >= 0.6 is 0 Å². The van der Waals surface area contributed by atoms with Crippen molar-refractivity contribution in [1.82, 2.24) is 9.80 Å². The Morgan fingerprint density at radius 3 is 2.26 bits per heavy atom. The predicted molar refractivity (Wildman–Crippen MR) is 77.3 cm³/mol. The van der Waals surface area contributed by atoms with Gasteiger partial charge in [0.1, 0.15) is 6.61 Å². The second-order valence-electron chi connectivity index (χ2n) is 5.26. The van der Waals surface area contributed by atoms with E-state index in [4.69, 9.17) is 9.47 Å². The van der Waals surface area contributed by atoms with Gasteiger partial charge in [-0.05, 0) is 27.9 Å². The van der Waals surface area contributed by atoms with E-state index in [-0.39, 0.29) is 11.5 Å². The SMILES string of the molecule is CC.CN(C)C(C)(C)COC(=O)CN1CCOCC1. The highest BCUT2D eigenvalue weighted by Crippen LogP contribution is 2.10. The highest BCUT2D eigenvalue weighted by molar-refractivity contribution is 5.71. The summed E-state index contributed by atoms with van der Waals surface area (Å²) < 4.78 is 10.5. The van der Waals surface area contributed by atoms with Crippen molar-refractivity contribution in [3.8, 4) is 0 Å². The van der Waals surface area contributed by atoms with Crippen molar-refractivity contribution in [1.29, 1.82) is 0 Å². The molecule has 0 amide bonds. The van der Waals surface area contributed by atoms with Gasteiger partial charge < -0.3 is 14.4 Å². The third-order valence-corrected chi connectivity index (χ3v) is 3.25. The van der Waals surface area contributed by atoms with Crippen LogP contribution in [0.3, 0.4) is 0 Å². The molecule has 5 heteroatoms. The third-order valence-electron chi connectivity index (χ3n) is 3.25. The van der Waals surface area contributed by atoms with E-state index in [0.29, 0.717) is 26.4 Å². The van der Waals surface area contributed by atoms with Gasteiger partial charge in [-0.1, -0.05) is 13.8 Å². The largest absolute Gasteiger partial charge is 0.463 e. The number of hydrogen-bond donors (Lipinski definition) is 0. The Kier molecular flexibility index (Phi) is 8.97. The van der Waals surface area contributed by atoms with Crippen LogP contribution in [0, 0.1) is 0 Å². The van der Waals surface area contributed by atoms with Gasteiger partial charge in [0, 0.05) is 18.6 Å². The molecule has 0 atom stereocenters. The smallest absolute Gasteiger partial charge is 0.320 e. The maximum absolute atomic E-state index is 11.7. The van der Waals surface area contributed by atoms with Gasteiger partial charge in [-0.2, -0.15) is 0 Å². The molecule has 0 spiro atoms. The number of hydrogen-bond acceptors (Lipinski definition) is 5. The van der Waals surface area contributed by atoms with Gasteiger partial charge in [0.15, 0.2) is 0 Å². The minimum atomic E-state index is -0.151. The lowest BCUT2D eigenvalue weighted by atomic mass is 10.1. The van der Waals surface area contributed by atoms with Crippen molar-refractivity contribution >= 4 is 5.97 Å². The summed E-state index contributed by atoms with van der Waals surface area (Å²) in [6.07, 6.45) is 0. The second kappa shape index (κ2) is 9.28. The molecule has 0 aromatic heterocycles. The Balaban J connectivity index is 0.00000154. The van der Waals surface area contributed by atoms with Crippen molar-refractivity contribution in [3.63, 3.8) is 0 Å². The number of rotatable bonds is 5. The fraction of sp³-hybridized carbons (Fsp3) is 0.929. The van der Waals surface area contributed by atoms with Gasteiger partial charge in [-0.25, -0.2) is 0 Å². The molecule has 0 unspecified atom stereocenters. The van der Waals surface area contributed by atoms with Crippen LogP contribution < -0.4 is 0 Å². The Hall–Kier alpha value is -0.650. The summed E-state index contributed by atoms with van der Waals surface area (Å²) in [6.45, 7) is 11.9. The number of carbonyl (C=O) groups excluding carboxylic acids is 1. The topological polar surface area (TPSA) is 42.0 Å². The van der Waals surface area contributed by atoms with Crippen LogP contribution in [0.4, 0.5) is 0 Å². The molecule has 0 N–H and O–H groups in total. The third kappa shape index (κ3) is 7.50. The molecule has 1 rings (SSSR count).